The summed E-state index contributed by atoms with van der Waals surface area (Å²) in [5.74, 6) is 0.784. The van der Waals surface area contributed by atoms with Crippen LogP contribution in [-0.4, -0.2) is 61.0 Å². The summed E-state index contributed by atoms with van der Waals surface area (Å²) in [4.78, 5) is 22.3. The van der Waals surface area contributed by atoms with E-state index in [-0.39, 0.29) is 11.9 Å². The number of rotatable bonds is 6. The average molecular weight is 458 g/mol. The SMILES string of the molecule is COc1ccc(CNc2c(C(=O)N(C)C3CCN(C)CC3)cnc3ccc(C#N)cc23)cc1C. The van der Waals surface area contributed by atoms with Gasteiger partial charge in [-0.2, -0.15) is 5.26 Å². The zero-order chi connectivity index (χ0) is 24.2. The highest BCUT2D eigenvalue weighted by Crippen LogP contribution is 2.30. The van der Waals surface area contributed by atoms with Crippen molar-refractivity contribution in [1.29, 1.82) is 5.26 Å². The molecular formula is C27H31N5O2. The van der Waals surface area contributed by atoms with Crippen molar-refractivity contribution in [1.82, 2.24) is 14.8 Å². The van der Waals surface area contributed by atoms with Gasteiger partial charge in [0.1, 0.15) is 5.75 Å². The predicted molar refractivity (Wildman–Crippen MR) is 134 cm³/mol. The van der Waals surface area contributed by atoms with Crippen LogP contribution >= 0.6 is 0 Å². The Labute approximate surface area is 201 Å². The highest BCUT2D eigenvalue weighted by molar-refractivity contribution is 6.07. The number of likely N-dealkylation sites (tertiary alicyclic amines) is 1. The molecule has 0 bridgehead atoms. The quantitative estimate of drug-likeness (QED) is 0.597. The molecule has 4 rings (SSSR count). The number of ether oxygens (including phenoxy) is 1. The number of hydrogen-bond donors (Lipinski definition) is 1. The number of fused-ring (bicyclic) bond motifs is 1. The molecule has 176 valence electrons. The zero-order valence-corrected chi connectivity index (χ0v) is 20.3. The third-order valence-electron chi connectivity index (χ3n) is 6.71. The highest BCUT2D eigenvalue weighted by atomic mass is 16.5. The molecule has 2 aromatic carbocycles. The van der Waals surface area contributed by atoms with Gasteiger partial charge >= 0.3 is 0 Å². The third kappa shape index (κ3) is 4.82. The Morgan fingerprint density at radius 1 is 1.26 bits per heavy atom. The summed E-state index contributed by atoms with van der Waals surface area (Å²) >= 11 is 0. The van der Waals surface area contributed by atoms with Crippen molar-refractivity contribution in [3.63, 3.8) is 0 Å². The number of nitriles is 1. The van der Waals surface area contributed by atoms with Crippen LogP contribution in [0.1, 0.15) is 39.9 Å². The number of hydrogen-bond acceptors (Lipinski definition) is 6. The summed E-state index contributed by atoms with van der Waals surface area (Å²) in [7, 11) is 5.65. The molecule has 0 atom stereocenters. The Bertz CT molecular complexity index is 1240. The molecular weight excluding hydrogens is 426 g/mol. The van der Waals surface area contributed by atoms with Crippen molar-refractivity contribution < 1.29 is 9.53 Å². The first kappa shape index (κ1) is 23.5. The van der Waals surface area contributed by atoms with Crippen molar-refractivity contribution in [3.8, 4) is 11.8 Å². The number of anilines is 1. The van der Waals surface area contributed by atoms with E-state index in [2.05, 4.69) is 34.4 Å². The van der Waals surface area contributed by atoms with E-state index in [0.717, 1.165) is 53.7 Å². The molecule has 0 aliphatic carbocycles. The second-order valence-electron chi connectivity index (χ2n) is 9.00. The van der Waals surface area contributed by atoms with Gasteiger partial charge in [-0.3, -0.25) is 9.78 Å². The molecule has 34 heavy (non-hydrogen) atoms. The van der Waals surface area contributed by atoms with E-state index in [1.807, 2.05) is 37.1 Å². The number of benzene rings is 2. The average Bonchev–Trinajstić information content (AvgIpc) is 2.86. The molecule has 7 nitrogen and oxygen atoms in total. The minimum Gasteiger partial charge on any atom is -0.496 e. The van der Waals surface area contributed by atoms with E-state index >= 15 is 0 Å². The molecule has 2 heterocycles. The predicted octanol–water partition coefficient (Wildman–Crippen LogP) is 4.20. The fraction of sp³-hybridized carbons (Fsp3) is 0.370. The molecule has 1 saturated heterocycles. The zero-order valence-electron chi connectivity index (χ0n) is 20.3. The molecule has 0 spiro atoms. The molecule has 7 heteroatoms. The van der Waals surface area contributed by atoms with Crippen LogP contribution in [0.25, 0.3) is 10.9 Å². The standard InChI is InChI=1S/C27H31N5O2/c1-18-13-20(6-8-25(18)34-4)16-30-26-22-14-19(15-28)5-7-24(22)29-17-23(26)27(33)32(3)21-9-11-31(2)12-10-21/h5-8,13-14,17,21H,9-12,16H2,1-4H3,(H,29,30). The fourth-order valence-electron chi connectivity index (χ4n) is 4.59. The van der Waals surface area contributed by atoms with Crippen LogP contribution in [0, 0.1) is 18.3 Å². The van der Waals surface area contributed by atoms with Crippen LogP contribution in [-0.2, 0) is 6.54 Å². The molecule has 0 unspecified atom stereocenters. The molecule has 0 saturated carbocycles. The lowest BCUT2D eigenvalue weighted by Gasteiger charge is -2.35. The van der Waals surface area contributed by atoms with Crippen molar-refractivity contribution in [2.75, 3.05) is 39.6 Å². The topological polar surface area (TPSA) is 81.5 Å². The van der Waals surface area contributed by atoms with E-state index in [1.165, 1.54) is 0 Å². The van der Waals surface area contributed by atoms with Gasteiger partial charge in [-0.05, 0) is 75.3 Å². The molecule has 1 fully saturated rings. The number of carbonyl (C=O) groups excluding carboxylic acids is 1. The van der Waals surface area contributed by atoms with Crippen LogP contribution in [0.4, 0.5) is 5.69 Å². The lowest BCUT2D eigenvalue weighted by molar-refractivity contribution is 0.0660. The molecule has 3 aromatic rings. The van der Waals surface area contributed by atoms with Gasteiger partial charge in [-0.1, -0.05) is 12.1 Å². The molecule has 1 aliphatic heterocycles. The number of aromatic nitrogens is 1. The van der Waals surface area contributed by atoms with Gasteiger partial charge in [0.05, 0.1) is 35.5 Å². The fourth-order valence-corrected chi connectivity index (χ4v) is 4.59. The van der Waals surface area contributed by atoms with Gasteiger partial charge in [0.2, 0.25) is 0 Å². The second-order valence-corrected chi connectivity index (χ2v) is 9.00. The molecule has 1 amide bonds. The number of carbonyl (C=O) groups is 1. The number of amides is 1. The number of aryl methyl sites for hydroxylation is 1. The van der Waals surface area contributed by atoms with E-state index < -0.39 is 0 Å². The maximum Gasteiger partial charge on any atom is 0.257 e. The second kappa shape index (κ2) is 10.1. The summed E-state index contributed by atoms with van der Waals surface area (Å²) in [6.07, 6.45) is 3.56. The first-order chi connectivity index (χ1) is 16.4. The number of nitrogens with zero attached hydrogens (tertiary/aromatic N) is 4. The van der Waals surface area contributed by atoms with Gasteiger partial charge in [-0.25, -0.2) is 0 Å². The summed E-state index contributed by atoms with van der Waals surface area (Å²) in [5.41, 5.74) is 4.62. The van der Waals surface area contributed by atoms with E-state index in [0.29, 0.717) is 23.4 Å². The number of piperidine rings is 1. The van der Waals surface area contributed by atoms with Crippen LogP contribution < -0.4 is 10.1 Å². The minimum absolute atomic E-state index is 0.0558. The number of nitrogens with one attached hydrogen (secondary N) is 1. The Morgan fingerprint density at radius 3 is 2.71 bits per heavy atom. The van der Waals surface area contributed by atoms with Crippen molar-refractivity contribution >= 4 is 22.5 Å². The van der Waals surface area contributed by atoms with Crippen LogP contribution in [0.15, 0.2) is 42.6 Å². The maximum absolute atomic E-state index is 13.6. The highest BCUT2D eigenvalue weighted by Gasteiger charge is 2.27. The Hall–Kier alpha value is -3.63. The van der Waals surface area contributed by atoms with Crippen molar-refractivity contribution in [2.24, 2.45) is 0 Å². The molecule has 1 aromatic heterocycles. The van der Waals surface area contributed by atoms with E-state index in [9.17, 15) is 10.1 Å². The van der Waals surface area contributed by atoms with Crippen molar-refractivity contribution in [2.45, 2.75) is 32.4 Å². The third-order valence-corrected chi connectivity index (χ3v) is 6.71. The van der Waals surface area contributed by atoms with Crippen LogP contribution in [0.3, 0.4) is 0 Å². The summed E-state index contributed by atoms with van der Waals surface area (Å²) in [5, 5.41) is 13.7. The van der Waals surface area contributed by atoms with E-state index in [1.54, 1.807) is 25.4 Å². The largest absolute Gasteiger partial charge is 0.496 e. The first-order valence-corrected chi connectivity index (χ1v) is 11.6. The van der Waals surface area contributed by atoms with Gasteiger partial charge in [0.25, 0.3) is 5.91 Å². The molecule has 1 aliphatic rings. The van der Waals surface area contributed by atoms with Gasteiger partial charge in [0, 0.05) is 31.2 Å². The normalized spacial score (nSPS) is 14.6. The molecule has 1 N–H and O–H groups in total. The smallest absolute Gasteiger partial charge is 0.257 e. The van der Waals surface area contributed by atoms with Gasteiger partial charge < -0.3 is 19.9 Å². The summed E-state index contributed by atoms with van der Waals surface area (Å²) < 4.78 is 5.37. The Morgan fingerprint density at radius 2 is 2.03 bits per heavy atom. The van der Waals surface area contributed by atoms with Crippen LogP contribution in [0.2, 0.25) is 0 Å². The monoisotopic (exact) mass is 457 g/mol. The number of methoxy groups -OCH3 is 1. The summed E-state index contributed by atoms with van der Waals surface area (Å²) in [6.45, 7) is 4.49. The first-order valence-electron chi connectivity index (χ1n) is 11.6. The lowest BCUT2D eigenvalue weighted by Crippen LogP contribution is -2.44. The molecule has 0 radical (unpaired) electrons. The van der Waals surface area contributed by atoms with Gasteiger partial charge in [0.15, 0.2) is 0 Å². The Kier molecular flexibility index (Phi) is 6.99. The van der Waals surface area contributed by atoms with Crippen molar-refractivity contribution in [3.05, 3.63) is 64.8 Å². The maximum atomic E-state index is 13.6. The van der Waals surface area contributed by atoms with E-state index in [4.69, 9.17) is 4.74 Å². The van der Waals surface area contributed by atoms with Gasteiger partial charge in [-0.15, -0.1) is 0 Å². The Balaban J connectivity index is 1.69. The lowest BCUT2D eigenvalue weighted by atomic mass is 10.0. The minimum atomic E-state index is -0.0558. The number of pyridine rings is 1. The van der Waals surface area contributed by atoms with Crippen LogP contribution in [0.5, 0.6) is 5.75 Å². The summed E-state index contributed by atoms with van der Waals surface area (Å²) in [6, 6.07) is 13.8.